The Morgan fingerprint density at radius 3 is 3.05 bits per heavy atom. The average Bonchev–Trinajstić information content (AvgIpc) is 2.76. The van der Waals surface area contributed by atoms with Gasteiger partial charge in [0, 0.05) is 6.42 Å². The van der Waals surface area contributed by atoms with Gasteiger partial charge in [0.25, 0.3) is 0 Å². The van der Waals surface area contributed by atoms with Crippen molar-refractivity contribution < 1.29 is 0 Å². The number of allylic oxidation sites excluding steroid dienone is 2. The second-order valence-electron chi connectivity index (χ2n) is 6.10. The van der Waals surface area contributed by atoms with Gasteiger partial charge in [-0.05, 0) is 47.9 Å². The van der Waals surface area contributed by atoms with E-state index < -0.39 is 0 Å². The van der Waals surface area contributed by atoms with Gasteiger partial charge in [0.15, 0.2) is 5.82 Å². The zero-order chi connectivity index (χ0) is 13.6. The minimum atomic E-state index is 0.432. The molecule has 0 spiro atoms. The third-order valence-electron chi connectivity index (χ3n) is 4.87. The van der Waals surface area contributed by atoms with Crippen molar-refractivity contribution in [3.05, 3.63) is 22.2 Å². The van der Waals surface area contributed by atoms with E-state index in [2.05, 4.69) is 42.1 Å². The van der Waals surface area contributed by atoms with E-state index >= 15 is 0 Å². The van der Waals surface area contributed by atoms with E-state index in [0.29, 0.717) is 16.1 Å². The summed E-state index contributed by atoms with van der Waals surface area (Å²) in [5.74, 6) is 2.39. The summed E-state index contributed by atoms with van der Waals surface area (Å²) in [5.41, 5.74) is 1.79. The molecule has 3 aliphatic carbocycles. The largest absolute Gasteiger partial charge is 0.250 e. The van der Waals surface area contributed by atoms with E-state index in [4.69, 9.17) is 12.2 Å². The summed E-state index contributed by atoms with van der Waals surface area (Å²) in [6.07, 6.45) is 7.63. The summed E-state index contributed by atoms with van der Waals surface area (Å²) >= 11 is 5.20. The van der Waals surface area contributed by atoms with Crippen molar-refractivity contribution in [1.82, 2.24) is 14.9 Å². The van der Waals surface area contributed by atoms with Crippen LogP contribution in [-0.4, -0.2) is 21.1 Å². The summed E-state index contributed by atoms with van der Waals surface area (Å²) < 4.78 is 2.30. The Balaban J connectivity index is 1.86. The van der Waals surface area contributed by atoms with Crippen LogP contribution in [0.5, 0.6) is 0 Å². The predicted molar refractivity (Wildman–Crippen MR) is 78.8 cm³/mol. The molecule has 0 unspecified atom stereocenters. The number of nitrogens with zero attached hydrogens (tertiary/aromatic N) is 3. The number of nitrogens with one attached hydrogen (secondary N) is 1. The molecule has 0 radical (unpaired) electrons. The maximum Gasteiger partial charge on any atom is 0.216 e. The lowest BCUT2D eigenvalue weighted by atomic mass is 9.49. The molecular formula is C14H20N4S. The Morgan fingerprint density at radius 2 is 2.42 bits per heavy atom. The number of hydrogen-bond donors (Lipinski definition) is 1. The van der Waals surface area contributed by atoms with Gasteiger partial charge < -0.3 is 0 Å². The summed E-state index contributed by atoms with van der Waals surface area (Å²) in [4.78, 5) is 0. The smallest absolute Gasteiger partial charge is 0.216 e. The molecule has 2 bridgehead atoms. The topological polar surface area (TPSA) is 46.0 Å². The molecule has 1 aromatic rings. The van der Waals surface area contributed by atoms with Crippen molar-refractivity contribution in [2.45, 2.75) is 40.0 Å². The predicted octanol–water partition coefficient (Wildman–Crippen LogP) is 3.33. The zero-order valence-electron chi connectivity index (χ0n) is 11.7. The number of fused-ring (bicyclic) bond motifs is 1. The fourth-order valence-corrected chi connectivity index (χ4v) is 3.54. The third-order valence-corrected chi connectivity index (χ3v) is 5.13. The van der Waals surface area contributed by atoms with Crippen LogP contribution in [0.4, 0.5) is 0 Å². The van der Waals surface area contributed by atoms with Gasteiger partial charge in [-0.2, -0.15) is 14.9 Å². The first kappa shape index (κ1) is 12.8. The van der Waals surface area contributed by atoms with Gasteiger partial charge in [-0.25, -0.2) is 0 Å². The summed E-state index contributed by atoms with van der Waals surface area (Å²) in [7, 11) is 0. The van der Waals surface area contributed by atoms with Crippen LogP contribution < -0.4 is 0 Å². The highest BCUT2D eigenvalue weighted by Gasteiger charge is 2.50. The summed E-state index contributed by atoms with van der Waals surface area (Å²) in [6, 6.07) is 0. The van der Waals surface area contributed by atoms with Crippen LogP contribution in [0.15, 0.2) is 16.8 Å². The Kier molecular flexibility index (Phi) is 2.96. The van der Waals surface area contributed by atoms with Crippen LogP contribution in [-0.2, 0) is 6.42 Å². The van der Waals surface area contributed by atoms with Gasteiger partial charge in [-0.1, -0.05) is 26.8 Å². The average molecular weight is 276 g/mol. The molecule has 0 aliphatic heterocycles. The summed E-state index contributed by atoms with van der Waals surface area (Å²) in [5, 5.41) is 11.5. The number of rotatable bonds is 3. The molecule has 0 saturated heterocycles. The highest BCUT2D eigenvalue weighted by atomic mass is 32.1. The number of aromatic amines is 1. The molecule has 0 aromatic carbocycles. The highest BCUT2D eigenvalue weighted by molar-refractivity contribution is 7.71. The molecule has 4 rings (SSSR count). The van der Waals surface area contributed by atoms with Crippen LogP contribution in [0.3, 0.4) is 0 Å². The molecule has 1 heterocycles. The lowest BCUT2D eigenvalue weighted by molar-refractivity contribution is -0.00127. The Morgan fingerprint density at radius 1 is 1.63 bits per heavy atom. The van der Waals surface area contributed by atoms with Crippen molar-refractivity contribution in [2.75, 3.05) is 0 Å². The second-order valence-corrected chi connectivity index (χ2v) is 6.49. The lowest BCUT2D eigenvalue weighted by Gasteiger charge is -2.55. The molecule has 19 heavy (non-hydrogen) atoms. The molecule has 102 valence electrons. The third kappa shape index (κ3) is 1.91. The lowest BCUT2D eigenvalue weighted by Crippen LogP contribution is -2.48. The van der Waals surface area contributed by atoms with Crippen LogP contribution in [0, 0.1) is 22.0 Å². The molecule has 3 aliphatic rings. The molecule has 2 atom stereocenters. The first-order chi connectivity index (χ1) is 9.04. The van der Waals surface area contributed by atoms with Crippen LogP contribution in [0.2, 0.25) is 0 Å². The fraction of sp³-hybridized carbons (Fsp3) is 0.643. The Labute approximate surface area is 118 Å². The van der Waals surface area contributed by atoms with E-state index in [1.165, 1.54) is 18.4 Å². The molecule has 5 heteroatoms. The molecule has 1 N–H and O–H groups in total. The van der Waals surface area contributed by atoms with Crippen molar-refractivity contribution in [1.29, 1.82) is 0 Å². The fourth-order valence-electron chi connectivity index (χ4n) is 3.34. The first-order valence-electron chi connectivity index (χ1n) is 6.94. The van der Waals surface area contributed by atoms with Crippen molar-refractivity contribution in [2.24, 2.45) is 22.4 Å². The quantitative estimate of drug-likeness (QED) is 0.680. The SMILES string of the molecule is CCc1n[nH]c(=S)n1/N=C\C1=CC[C@H]2C[C@@H]1C2(C)C. The molecule has 1 fully saturated rings. The van der Waals surface area contributed by atoms with Gasteiger partial charge in [-0.3, -0.25) is 5.10 Å². The molecule has 4 nitrogen and oxygen atoms in total. The standard InChI is InChI=1S/C14H20N4S/c1-4-12-16-17-13(19)18(12)15-8-9-5-6-10-7-11(9)14(10,2)3/h5,8,10-11H,4,6-7H2,1-3H3,(H,17,19)/b15-8-/t10-,11-/m0/s1. The zero-order valence-corrected chi connectivity index (χ0v) is 12.5. The van der Waals surface area contributed by atoms with Gasteiger partial charge in [0.1, 0.15) is 0 Å². The minimum Gasteiger partial charge on any atom is -0.250 e. The maximum atomic E-state index is 5.20. The van der Waals surface area contributed by atoms with Crippen LogP contribution in [0.25, 0.3) is 0 Å². The number of H-pyrrole nitrogens is 1. The molecule has 1 aromatic heterocycles. The summed E-state index contributed by atoms with van der Waals surface area (Å²) in [6.45, 7) is 6.79. The van der Waals surface area contributed by atoms with E-state index in [9.17, 15) is 0 Å². The van der Waals surface area contributed by atoms with E-state index in [1.54, 1.807) is 4.68 Å². The van der Waals surface area contributed by atoms with Gasteiger partial charge >= 0.3 is 0 Å². The van der Waals surface area contributed by atoms with E-state index in [1.807, 2.05) is 6.21 Å². The first-order valence-corrected chi connectivity index (χ1v) is 7.35. The Bertz CT molecular complexity index is 605. The normalized spacial score (nSPS) is 28.3. The Hall–Kier alpha value is -1.23. The van der Waals surface area contributed by atoms with E-state index in [-0.39, 0.29) is 0 Å². The minimum absolute atomic E-state index is 0.432. The number of aryl methyl sites for hydroxylation is 1. The monoisotopic (exact) mass is 276 g/mol. The highest BCUT2D eigenvalue weighted by Crippen LogP contribution is 2.58. The van der Waals surface area contributed by atoms with Gasteiger partial charge in [0.05, 0.1) is 6.21 Å². The van der Waals surface area contributed by atoms with Gasteiger partial charge in [0.2, 0.25) is 4.77 Å². The van der Waals surface area contributed by atoms with Crippen LogP contribution in [0.1, 0.15) is 39.4 Å². The second kappa shape index (κ2) is 4.40. The van der Waals surface area contributed by atoms with Crippen molar-refractivity contribution >= 4 is 18.4 Å². The van der Waals surface area contributed by atoms with Crippen molar-refractivity contribution in [3.63, 3.8) is 0 Å². The van der Waals surface area contributed by atoms with Crippen molar-refractivity contribution in [3.8, 4) is 0 Å². The van der Waals surface area contributed by atoms with E-state index in [0.717, 1.165) is 18.2 Å². The number of aromatic nitrogens is 3. The van der Waals surface area contributed by atoms with Gasteiger partial charge in [-0.15, -0.1) is 0 Å². The maximum absolute atomic E-state index is 5.20. The number of hydrogen-bond acceptors (Lipinski definition) is 3. The van der Waals surface area contributed by atoms with Crippen LogP contribution >= 0.6 is 12.2 Å². The molecular weight excluding hydrogens is 256 g/mol. The molecule has 0 amide bonds. The molecule has 1 saturated carbocycles.